The highest BCUT2D eigenvalue weighted by Gasteiger charge is 2.27. The predicted molar refractivity (Wildman–Crippen MR) is 111 cm³/mol. The van der Waals surface area contributed by atoms with Gasteiger partial charge in [-0.2, -0.15) is 5.10 Å². The van der Waals surface area contributed by atoms with Crippen molar-refractivity contribution in [2.24, 2.45) is 0 Å². The molecule has 5 nitrogen and oxygen atoms in total. The van der Waals surface area contributed by atoms with Crippen LogP contribution in [0.4, 0.5) is 4.39 Å². The highest BCUT2D eigenvalue weighted by atomic mass is 19.1. The van der Waals surface area contributed by atoms with Gasteiger partial charge in [-0.1, -0.05) is 30.3 Å². The first-order valence-corrected chi connectivity index (χ1v) is 9.90. The lowest BCUT2D eigenvalue weighted by molar-refractivity contribution is 0.0936. The summed E-state index contributed by atoms with van der Waals surface area (Å²) in [5.74, 6) is -0.394. The fourth-order valence-electron chi connectivity index (χ4n) is 4.00. The van der Waals surface area contributed by atoms with Crippen LogP contribution in [0.1, 0.15) is 33.7 Å². The molecule has 29 heavy (non-hydrogen) atoms. The smallest absolute Gasteiger partial charge is 0.255 e. The van der Waals surface area contributed by atoms with Gasteiger partial charge in [-0.25, -0.2) is 9.07 Å². The van der Waals surface area contributed by atoms with Gasteiger partial charge in [0.15, 0.2) is 0 Å². The van der Waals surface area contributed by atoms with Crippen LogP contribution in [0, 0.1) is 19.7 Å². The molecule has 1 aliphatic rings. The van der Waals surface area contributed by atoms with Crippen molar-refractivity contribution in [1.29, 1.82) is 0 Å². The van der Waals surface area contributed by atoms with Crippen molar-refractivity contribution in [3.63, 3.8) is 0 Å². The van der Waals surface area contributed by atoms with Crippen LogP contribution in [0.15, 0.2) is 54.6 Å². The Labute approximate surface area is 170 Å². The molecular formula is C23H25FN4O. The topological polar surface area (TPSA) is 50.2 Å². The molecule has 0 bridgehead atoms. The third-order valence-electron chi connectivity index (χ3n) is 5.45. The summed E-state index contributed by atoms with van der Waals surface area (Å²) < 4.78 is 14.9. The molecule has 1 atom stereocenters. The van der Waals surface area contributed by atoms with Gasteiger partial charge in [-0.3, -0.25) is 9.69 Å². The molecule has 150 valence electrons. The summed E-state index contributed by atoms with van der Waals surface area (Å²) in [5.41, 5.74) is 4.04. The normalized spacial score (nSPS) is 16.9. The number of hydrogen-bond acceptors (Lipinski definition) is 3. The number of hydrogen-bond donors (Lipinski definition) is 1. The van der Waals surface area contributed by atoms with Gasteiger partial charge in [-0.05, 0) is 50.1 Å². The van der Waals surface area contributed by atoms with Gasteiger partial charge in [-0.15, -0.1) is 0 Å². The number of likely N-dealkylation sites (tertiary alicyclic amines) is 1. The number of nitrogens with one attached hydrogen (secondary N) is 1. The van der Waals surface area contributed by atoms with Crippen LogP contribution in [0.25, 0.3) is 5.69 Å². The number of carbonyl (C=O) groups excluding carboxylic acids is 1. The first kappa shape index (κ1) is 19.3. The van der Waals surface area contributed by atoms with Gasteiger partial charge >= 0.3 is 0 Å². The molecule has 0 radical (unpaired) electrons. The third kappa shape index (κ3) is 4.22. The standard InChI is InChI=1S/C23H25FN4O/c1-16-22(17(2)28(26-16)21-10-8-19(24)9-11-21)23(29)25-20-12-13-27(15-20)14-18-6-4-3-5-7-18/h3-11,20H,12-15H2,1-2H3,(H,25,29). The maximum absolute atomic E-state index is 13.2. The average Bonchev–Trinajstić information content (AvgIpc) is 3.26. The number of halogens is 1. The molecule has 1 N–H and O–H groups in total. The van der Waals surface area contributed by atoms with Gasteiger partial charge in [0.25, 0.3) is 5.91 Å². The van der Waals surface area contributed by atoms with Crippen LogP contribution in [-0.4, -0.2) is 39.7 Å². The number of aryl methyl sites for hydroxylation is 1. The molecule has 0 aliphatic carbocycles. The van der Waals surface area contributed by atoms with Crippen LogP contribution < -0.4 is 5.32 Å². The summed E-state index contributed by atoms with van der Waals surface area (Å²) in [7, 11) is 0. The van der Waals surface area contributed by atoms with E-state index < -0.39 is 0 Å². The Balaban J connectivity index is 1.43. The van der Waals surface area contributed by atoms with Crippen LogP contribution in [0.3, 0.4) is 0 Å². The lowest BCUT2D eigenvalue weighted by Crippen LogP contribution is -2.37. The Morgan fingerprint density at radius 1 is 1.14 bits per heavy atom. The summed E-state index contributed by atoms with van der Waals surface area (Å²) in [6.07, 6.45) is 0.933. The SMILES string of the molecule is Cc1nn(-c2ccc(F)cc2)c(C)c1C(=O)NC1CCN(Cc2ccccc2)C1. The number of nitrogens with zero attached hydrogens (tertiary/aromatic N) is 3. The van der Waals surface area contributed by atoms with Crippen LogP contribution in [-0.2, 0) is 6.54 Å². The number of amides is 1. The van der Waals surface area contributed by atoms with E-state index in [4.69, 9.17) is 0 Å². The first-order valence-electron chi connectivity index (χ1n) is 9.90. The van der Waals surface area contributed by atoms with E-state index in [9.17, 15) is 9.18 Å². The van der Waals surface area contributed by atoms with Gasteiger partial charge in [0.1, 0.15) is 5.82 Å². The number of rotatable bonds is 5. The van der Waals surface area contributed by atoms with Crippen molar-refractivity contribution >= 4 is 5.91 Å². The van der Waals surface area contributed by atoms with E-state index in [1.807, 2.05) is 19.9 Å². The van der Waals surface area contributed by atoms with E-state index in [0.29, 0.717) is 11.3 Å². The zero-order chi connectivity index (χ0) is 20.4. The number of aromatic nitrogens is 2. The zero-order valence-electron chi connectivity index (χ0n) is 16.7. The molecule has 1 saturated heterocycles. The lowest BCUT2D eigenvalue weighted by atomic mass is 10.1. The fourth-order valence-corrected chi connectivity index (χ4v) is 4.00. The average molecular weight is 392 g/mol. The summed E-state index contributed by atoms with van der Waals surface area (Å²) in [6.45, 7) is 6.40. The van der Waals surface area contributed by atoms with E-state index >= 15 is 0 Å². The van der Waals surface area contributed by atoms with Gasteiger partial charge in [0.05, 0.1) is 22.6 Å². The van der Waals surface area contributed by atoms with Crippen LogP contribution >= 0.6 is 0 Å². The summed E-state index contributed by atoms with van der Waals surface area (Å²) in [4.78, 5) is 15.3. The monoisotopic (exact) mass is 392 g/mol. The fraction of sp³-hybridized carbons (Fsp3) is 0.304. The summed E-state index contributed by atoms with van der Waals surface area (Å²) in [6, 6.07) is 16.6. The van der Waals surface area contributed by atoms with Gasteiger partial charge in [0, 0.05) is 25.7 Å². The highest BCUT2D eigenvalue weighted by molar-refractivity contribution is 5.96. The Bertz CT molecular complexity index is 998. The van der Waals surface area contributed by atoms with Crippen molar-refractivity contribution in [3.8, 4) is 5.69 Å². The van der Waals surface area contributed by atoms with E-state index in [0.717, 1.165) is 37.4 Å². The molecule has 1 aromatic heterocycles. The Hall–Kier alpha value is -2.99. The second-order valence-electron chi connectivity index (χ2n) is 7.61. The van der Waals surface area contributed by atoms with Crippen molar-refractivity contribution in [2.45, 2.75) is 32.9 Å². The van der Waals surface area contributed by atoms with Crippen molar-refractivity contribution in [2.75, 3.05) is 13.1 Å². The maximum Gasteiger partial charge on any atom is 0.255 e. The molecule has 1 amide bonds. The predicted octanol–water partition coefficient (Wildman–Crippen LogP) is 3.63. The Kier molecular flexibility index (Phi) is 5.45. The first-order chi connectivity index (χ1) is 14.0. The van der Waals surface area contributed by atoms with Crippen molar-refractivity contribution in [1.82, 2.24) is 20.0 Å². The molecular weight excluding hydrogens is 367 g/mol. The number of carbonyl (C=O) groups is 1. The molecule has 6 heteroatoms. The Morgan fingerprint density at radius 3 is 2.59 bits per heavy atom. The van der Waals surface area contributed by atoms with Crippen LogP contribution in [0.2, 0.25) is 0 Å². The molecule has 0 saturated carbocycles. The van der Waals surface area contributed by atoms with E-state index in [2.05, 4.69) is 39.6 Å². The second-order valence-corrected chi connectivity index (χ2v) is 7.61. The largest absolute Gasteiger partial charge is 0.348 e. The van der Waals surface area contributed by atoms with Gasteiger partial charge in [0.2, 0.25) is 0 Å². The zero-order valence-corrected chi connectivity index (χ0v) is 16.7. The third-order valence-corrected chi connectivity index (χ3v) is 5.45. The molecule has 1 fully saturated rings. The van der Waals surface area contributed by atoms with Crippen molar-refractivity contribution < 1.29 is 9.18 Å². The van der Waals surface area contributed by atoms with Crippen molar-refractivity contribution in [3.05, 3.63) is 82.9 Å². The highest BCUT2D eigenvalue weighted by Crippen LogP contribution is 2.20. The molecule has 4 rings (SSSR count). The van der Waals surface area contributed by atoms with E-state index in [1.165, 1.54) is 17.7 Å². The molecule has 3 aromatic rings. The second kappa shape index (κ2) is 8.17. The minimum absolute atomic E-state index is 0.0973. The van der Waals surface area contributed by atoms with Gasteiger partial charge < -0.3 is 5.32 Å². The molecule has 2 aromatic carbocycles. The quantitative estimate of drug-likeness (QED) is 0.721. The molecule has 1 aliphatic heterocycles. The molecule has 0 spiro atoms. The summed E-state index contributed by atoms with van der Waals surface area (Å²) in [5, 5.41) is 7.67. The molecule has 2 heterocycles. The lowest BCUT2D eigenvalue weighted by Gasteiger charge is -2.17. The minimum atomic E-state index is -0.297. The van der Waals surface area contributed by atoms with Crippen LogP contribution in [0.5, 0.6) is 0 Å². The van der Waals surface area contributed by atoms with E-state index in [-0.39, 0.29) is 17.8 Å². The summed E-state index contributed by atoms with van der Waals surface area (Å²) >= 11 is 0. The Morgan fingerprint density at radius 2 is 1.86 bits per heavy atom. The molecule has 1 unspecified atom stereocenters. The maximum atomic E-state index is 13.2. The van der Waals surface area contributed by atoms with E-state index in [1.54, 1.807) is 16.8 Å². The minimum Gasteiger partial charge on any atom is -0.348 e. The number of benzene rings is 2.